The average Bonchev–Trinajstić information content (AvgIpc) is 2.36. The van der Waals surface area contributed by atoms with Gasteiger partial charge >= 0.3 is 5.97 Å². The molecule has 1 aromatic carbocycles. The third kappa shape index (κ3) is 4.79. The summed E-state index contributed by atoms with van der Waals surface area (Å²) in [5, 5.41) is 8.50. The highest BCUT2D eigenvalue weighted by molar-refractivity contribution is 5.92. The quantitative estimate of drug-likeness (QED) is 0.786. The highest BCUT2D eigenvalue weighted by Gasteiger charge is 2.11. The Labute approximate surface area is 110 Å². The van der Waals surface area contributed by atoms with Gasteiger partial charge in [-0.1, -0.05) is 12.1 Å². The van der Waals surface area contributed by atoms with E-state index < -0.39 is 11.9 Å². The molecule has 0 saturated heterocycles. The summed E-state index contributed by atoms with van der Waals surface area (Å²) in [5.41, 5.74) is 6.37. The number of carboxylic acid groups (broad SMARTS) is 1. The Morgan fingerprint density at radius 2 is 1.74 bits per heavy atom. The molecular weight excluding hydrogens is 248 g/mol. The monoisotopic (exact) mass is 264 g/mol. The van der Waals surface area contributed by atoms with Crippen LogP contribution in [-0.2, 0) is 16.1 Å². The smallest absolute Gasteiger partial charge is 0.303 e. The fourth-order valence-corrected chi connectivity index (χ4v) is 1.54. The summed E-state index contributed by atoms with van der Waals surface area (Å²) in [6.45, 7) is 0.359. The molecule has 0 aliphatic rings. The van der Waals surface area contributed by atoms with Crippen molar-refractivity contribution in [3.05, 3.63) is 35.4 Å². The molecule has 0 fully saturated rings. The number of carbonyl (C=O) groups excluding carboxylic acids is 2. The lowest BCUT2D eigenvalue weighted by Gasteiger charge is -2.16. The van der Waals surface area contributed by atoms with E-state index in [0.717, 1.165) is 5.56 Å². The van der Waals surface area contributed by atoms with Gasteiger partial charge in [0.2, 0.25) is 11.8 Å². The van der Waals surface area contributed by atoms with Gasteiger partial charge in [0.1, 0.15) is 0 Å². The van der Waals surface area contributed by atoms with Crippen LogP contribution >= 0.6 is 0 Å². The molecule has 0 aromatic heterocycles. The predicted molar refractivity (Wildman–Crippen MR) is 68.3 cm³/mol. The average molecular weight is 264 g/mol. The van der Waals surface area contributed by atoms with Crippen molar-refractivity contribution in [2.75, 3.05) is 7.05 Å². The lowest BCUT2D eigenvalue weighted by Crippen LogP contribution is -2.26. The van der Waals surface area contributed by atoms with E-state index >= 15 is 0 Å². The minimum absolute atomic E-state index is 0.0226. The van der Waals surface area contributed by atoms with E-state index in [4.69, 9.17) is 10.8 Å². The second-order valence-corrected chi connectivity index (χ2v) is 4.20. The van der Waals surface area contributed by atoms with Gasteiger partial charge in [0.05, 0.1) is 6.42 Å². The van der Waals surface area contributed by atoms with E-state index in [0.29, 0.717) is 12.1 Å². The molecule has 102 valence electrons. The molecule has 1 aromatic rings. The number of carboxylic acids is 1. The largest absolute Gasteiger partial charge is 0.481 e. The molecule has 0 aliphatic carbocycles. The van der Waals surface area contributed by atoms with Crippen LogP contribution in [0.15, 0.2) is 24.3 Å². The molecule has 0 radical (unpaired) electrons. The number of rotatable bonds is 6. The van der Waals surface area contributed by atoms with E-state index in [1.165, 1.54) is 4.90 Å². The molecule has 2 amide bonds. The molecule has 19 heavy (non-hydrogen) atoms. The fraction of sp³-hybridized carbons (Fsp3) is 0.308. The Kier molecular flexibility index (Phi) is 5.05. The SMILES string of the molecule is CN(Cc1ccc(C(N)=O)cc1)C(=O)CCC(=O)O. The normalized spacial score (nSPS) is 9.95. The highest BCUT2D eigenvalue weighted by Crippen LogP contribution is 2.08. The van der Waals surface area contributed by atoms with E-state index in [2.05, 4.69) is 0 Å². The summed E-state index contributed by atoms with van der Waals surface area (Å²) in [7, 11) is 1.60. The number of nitrogens with zero attached hydrogens (tertiary/aromatic N) is 1. The number of carbonyl (C=O) groups is 3. The van der Waals surface area contributed by atoms with Gasteiger partial charge in [-0.05, 0) is 17.7 Å². The second-order valence-electron chi connectivity index (χ2n) is 4.20. The summed E-state index contributed by atoms with van der Waals surface area (Å²) in [6.07, 6.45) is -0.199. The second kappa shape index (κ2) is 6.53. The molecule has 1 rings (SSSR count). The van der Waals surface area contributed by atoms with Crippen LogP contribution in [0.2, 0.25) is 0 Å². The van der Waals surface area contributed by atoms with Crippen LogP contribution in [0.25, 0.3) is 0 Å². The molecular formula is C13H16N2O4. The van der Waals surface area contributed by atoms with Crippen LogP contribution in [0.4, 0.5) is 0 Å². The lowest BCUT2D eigenvalue weighted by atomic mass is 10.1. The molecule has 0 spiro atoms. The van der Waals surface area contributed by atoms with Crippen molar-refractivity contribution >= 4 is 17.8 Å². The minimum Gasteiger partial charge on any atom is -0.481 e. The Morgan fingerprint density at radius 1 is 1.16 bits per heavy atom. The zero-order valence-corrected chi connectivity index (χ0v) is 10.6. The van der Waals surface area contributed by atoms with Gasteiger partial charge in [0.15, 0.2) is 0 Å². The Balaban J connectivity index is 2.56. The van der Waals surface area contributed by atoms with Crippen LogP contribution < -0.4 is 5.73 Å². The number of amides is 2. The highest BCUT2D eigenvalue weighted by atomic mass is 16.4. The van der Waals surface area contributed by atoms with Crippen LogP contribution in [0.3, 0.4) is 0 Å². The third-order valence-corrected chi connectivity index (χ3v) is 2.64. The van der Waals surface area contributed by atoms with Crippen molar-refractivity contribution in [1.29, 1.82) is 0 Å². The van der Waals surface area contributed by atoms with E-state index in [9.17, 15) is 14.4 Å². The molecule has 0 bridgehead atoms. The van der Waals surface area contributed by atoms with Crippen molar-refractivity contribution in [1.82, 2.24) is 4.90 Å². The molecule has 3 N–H and O–H groups in total. The van der Waals surface area contributed by atoms with Crippen LogP contribution in [0, 0.1) is 0 Å². The summed E-state index contributed by atoms with van der Waals surface area (Å²) < 4.78 is 0. The maximum absolute atomic E-state index is 11.6. The fourth-order valence-electron chi connectivity index (χ4n) is 1.54. The standard InChI is InChI=1S/C13H16N2O4/c1-15(11(16)6-7-12(17)18)8-9-2-4-10(5-3-9)13(14)19/h2-5H,6-8H2,1H3,(H2,14,19)(H,17,18). The zero-order valence-electron chi connectivity index (χ0n) is 10.6. The van der Waals surface area contributed by atoms with E-state index in [1.807, 2.05) is 0 Å². The minimum atomic E-state index is -0.993. The van der Waals surface area contributed by atoms with Crippen molar-refractivity contribution in [2.45, 2.75) is 19.4 Å². The maximum atomic E-state index is 11.6. The molecule has 6 heteroatoms. The van der Waals surface area contributed by atoms with Gasteiger partial charge in [-0.15, -0.1) is 0 Å². The topological polar surface area (TPSA) is 101 Å². The molecule has 0 saturated carbocycles. The number of aliphatic carboxylic acids is 1. The molecule has 0 unspecified atom stereocenters. The third-order valence-electron chi connectivity index (χ3n) is 2.64. The van der Waals surface area contributed by atoms with Crippen molar-refractivity contribution in [3.63, 3.8) is 0 Å². The first-order valence-electron chi connectivity index (χ1n) is 5.74. The number of primary amides is 1. The van der Waals surface area contributed by atoms with Gasteiger partial charge in [-0.3, -0.25) is 14.4 Å². The Bertz CT molecular complexity index is 482. The first kappa shape index (κ1) is 14.7. The number of nitrogens with two attached hydrogens (primary N) is 1. The van der Waals surface area contributed by atoms with Gasteiger partial charge in [0.25, 0.3) is 0 Å². The molecule has 6 nitrogen and oxygen atoms in total. The Morgan fingerprint density at radius 3 is 2.21 bits per heavy atom. The number of hydrogen-bond acceptors (Lipinski definition) is 3. The molecule has 0 aliphatic heterocycles. The first-order chi connectivity index (χ1) is 8.90. The number of benzene rings is 1. The summed E-state index contributed by atoms with van der Waals surface area (Å²) in [4.78, 5) is 34.3. The molecule has 0 heterocycles. The maximum Gasteiger partial charge on any atom is 0.303 e. The van der Waals surface area contributed by atoms with Crippen molar-refractivity contribution in [3.8, 4) is 0 Å². The van der Waals surface area contributed by atoms with E-state index in [-0.39, 0.29) is 18.7 Å². The van der Waals surface area contributed by atoms with Crippen molar-refractivity contribution in [2.24, 2.45) is 5.73 Å². The number of hydrogen-bond donors (Lipinski definition) is 2. The zero-order chi connectivity index (χ0) is 14.4. The van der Waals surface area contributed by atoms with E-state index in [1.54, 1.807) is 31.3 Å². The van der Waals surface area contributed by atoms with Crippen LogP contribution in [0.1, 0.15) is 28.8 Å². The van der Waals surface area contributed by atoms with Crippen molar-refractivity contribution < 1.29 is 19.5 Å². The molecule has 0 atom stereocenters. The van der Waals surface area contributed by atoms with Gasteiger partial charge in [-0.25, -0.2) is 0 Å². The van der Waals surface area contributed by atoms with Crippen LogP contribution in [-0.4, -0.2) is 34.8 Å². The Hall–Kier alpha value is -2.37. The van der Waals surface area contributed by atoms with Gasteiger partial charge in [-0.2, -0.15) is 0 Å². The van der Waals surface area contributed by atoms with Gasteiger partial charge in [0, 0.05) is 25.6 Å². The summed E-state index contributed by atoms with van der Waals surface area (Å²) in [5.74, 6) is -1.73. The predicted octanol–water partition coefficient (Wildman–Crippen LogP) is 0.609. The first-order valence-corrected chi connectivity index (χ1v) is 5.74. The lowest BCUT2D eigenvalue weighted by molar-refractivity contribution is -0.140. The van der Waals surface area contributed by atoms with Crippen LogP contribution in [0.5, 0.6) is 0 Å². The summed E-state index contributed by atoms with van der Waals surface area (Å²) >= 11 is 0. The summed E-state index contributed by atoms with van der Waals surface area (Å²) in [6, 6.07) is 6.60. The van der Waals surface area contributed by atoms with Gasteiger partial charge < -0.3 is 15.7 Å².